The van der Waals surface area contributed by atoms with Crippen LogP contribution in [0.2, 0.25) is 0 Å². The molecule has 4 rings (SSSR count). The molecule has 0 unspecified atom stereocenters. The second-order valence-electron chi connectivity index (χ2n) is 10.4. The predicted octanol–water partition coefficient (Wildman–Crippen LogP) is 7.07. The largest absolute Gasteiger partial charge is 0.481 e. The zero-order valence-electron chi connectivity index (χ0n) is 23.3. The molecule has 1 fully saturated rings. The Morgan fingerprint density at radius 2 is 1.63 bits per heavy atom. The van der Waals surface area contributed by atoms with E-state index in [1.165, 1.54) is 23.0 Å². The van der Waals surface area contributed by atoms with Gasteiger partial charge in [0, 0.05) is 23.5 Å². The molecular weight excluding hydrogens is 561 g/mol. The minimum atomic E-state index is -4.71. The van der Waals surface area contributed by atoms with Crippen molar-refractivity contribution < 1.29 is 32.7 Å². The Morgan fingerprint density at radius 3 is 2.23 bits per heavy atom. The van der Waals surface area contributed by atoms with Gasteiger partial charge in [-0.05, 0) is 72.4 Å². The Labute approximate surface area is 247 Å². The van der Waals surface area contributed by atoms with Crippen LogP contribution < -0.4 is 15.5 Å². The number of carbonyl (C=O) groups excluding carboxylic acids is 2. The van der Waals surface area contributed by atoms with Crippen LogP contribution in [-0.4, -0.2) is 29.6 Å². The van der Waals surface area contributed by atoms with Gasteiger partial charge < -0.3 is 15.7 Å². The van der Waals surface area contributed by atoms with Gasteiger partial charge in [-0.1, -0.05) is 43.5 Å². The lowest BCUT2D eigenvalue weighted by Gasteiger charge is -2.26. The number of carbonyl (C=O) groups is 3. The average Bonchev–Trinajstić information content (AvgIpc) is 2.99. The van der Waals surface area contributed by atoms with Gasteiger partial charge in [0.05, 0.1) is 30.2 Å². The van der Waals surface area contributed by atoms with Gasteiger partial charge in [0.15, 0.2) is 0 Å². The van der Waals surface area contributed by atoms with E-state index >= 15 is 0 Å². The lowest BCUT2D eigenvalue weighted by molar-refractivity contribution is -0.138. The topological polar surface area (TPSA) is 123 Å². The molecule has 0 spiro atoms. The van der Waals surface area contributed by atoms with Crippen molar-refractivity contribution in [2.45, 2.75) is 57.2 Å². The third kappa shape index (κ3) is 8.58. The Morgan fingerprint density at radius 1 is 0.953 bits per heavy atom. The van der Waals surface area contributed by atoms with E-state index in [0.717, 1.165) is 37.8 Å². The molecule has 0 heterocycles. The third-order valence-electron chi connectivity index (χ3n) is 7.35. The molecular formula is C32H31F3N4O4. The van der Waals surface area contributed by atoms with Gasteiger partial charge >= 0.3 is 18.2 Å². The van der Waals surface area contributed by atoms with Gasteiger partial charge in [-0.15, -0.1) is 0 Å². The highest BCUT2D eigenvalue weighted by Crippen LogP contribution is 2.34. The van der Waals surface area contributed by atoms with E-state index in [9.17, 15) is 32.8 Å². The fourth-order valence-electron chi connectivity index (χ4n) is 5.09. The summed E-state index contributed by atoms with van der Waals surface area (Å²) in [6.07, 6.45) is 0.811. The van der Waals surface area contributed by atoms with Gasteiger partial charge in [0.1, 0.15) is 0 Å². The summed E-state index contributed by atoms with van der Waals surface area (Å²) in [6, 6.07) is 17.6. The van der Waals surface area contributed by atoms with Crippen LogP contribution in [0.3, 0.4) is 0 Å². The Hall–Kier alpha value is -4.85. The molecule has 224 valence electrons. The smallest absolute Gasteiger partial charge is 0.416 e. The number of urea groups is 1. The van der Waals surface area contributed by atoms with Gasteiger partial charge in [-0.3, -0.25) is 14.5 Å². The van der Waals surface area contributed by atoms with Crippen molar-refractivity contribution in [3.63, 3.8) is 0 Å². The second kappa shape index (κ2) is 13.9. The highest BCUT2D eigenvalue weighted by molar-refractivity contribution is 6.02. The fourth-order valence-corrected chi connectivity index (χ4v) is 5.09. The number of carboxylic acid groups (broad SMARTS) is 1. The number of alkyl halides is 3. The molecule has 8 nitrogen and oxygen atoms in total. The Balaban J connectivity index is 1.58. The molecule has 1 aliphatic rings. The third-order valence-corrected chi connectivity index (χ3v) is 7.35. The number of nitriles is 1. The average molecular weight is 593 g/mol. The molecule has 0 bridgehead atoms. The standard InChI is InChI=1S/C32H31F3N4O4/c33-32(34,35)26-16-22(19-36)17-27(18-26)38-31(43)39(28-12-10-24(11-13-28)23-4-2-1-3-5-23)20-21-6-8-25(9-7-21)30(42)37-15-14-29(40)41/h6-13,16-18,23H,1-5,14-15,20H2,(H,37,42)(H,38,43)(H,40,41). The first-order chi connectivity index (χ1) is 20.5. The number of anilines is 2. The van der Waals surface area contributed by atoms with E-state index in [4.69, 9.17) is 5.11 Å². The molecule has 3 amide bonds. The lowest BCUT2D eigenvalue weighted by Crippen LogP contribution is -2.34. The van der Waals surface area contributed by atoms with E-state index in [2.05, 4.69) is 10.6 Å². The predicted molar refractivity (Wildman–Crippen MR) is 155 cm³/mol. The van der Waals surface area contributed by atoms with Crippen molar-refractivity contribution >= 4 is 29.3 Å². The first-order valence-corrected chi connectivity index (χ1v) is 13.9. The molecule has 0 atom stereocenters. The molecule has 0 saturated heterocycles. The van der Waals surface area contributed by atoms with Crippen molar-refractivity contribution in [3.8, 4) is 6.07 Å². The number of hydrogen-bond donors (Lipinski definition) is 3. The number of carboxylic acids is 1. The van der Waals surface area contributed by atoms with Crippen LogP contribution in [0.5, 0.6) is 0 Å². The van der Waals surface area contributed by atoms with Crippen molar-refractivity contribution in [2.24, 2.45) is 0 Å². The Bertz CT molecular complexity index is 1490. The molecule has 0 aliphatic heterocycles. The SMILES string of the molecule is N#Cc1cc(NC(=O)N(Cc2ccc(C(=O)NCCC(=O)O)cc2)c2ccc(C3CCCCC3)cc2)cc(C(F)(F)F)c1. The van der Waals surface area contributed by atoms with Gasteiger partial charge in [0.2, 0.25) is 0 Å². The number of halogens is 3. The summed E-state index contributed by atoms with van der Waals surface area (Å²) >= 11 is 0. The number of hydrogen-bond acceptors (Lipinski definition) is 4. The zero-order valence-corrected chi connectivity index (χ0v) is 23.3. The van der Waals surface area contributed by atoms with Crippen LogP contribution in [0, 0.1) is 11.3 Å². The quantitative estimate of drug-likeness (QED) is 0.245. The maximum Gasteiger partial charge on any atom is 0.416 e. The maximum absolute atomic E-state index is 13.6. The molecule has 1 saturated carbocycles. The highest BCUT2D eigenvalue weighted by atomic mass is 19.4. The summed E-state index contributed by atoms with van der Waals surface area (Å²) in [4.78, 5) is 37.9. The number of benzene rings is 3. The number of aliphatic carboxylic acids is 1. The van der Waals surface area contributed by atoms with E-state index < -0.39 is 29.6 Å². The van der Waals surface area contributed by atoms with Crippen LogP contribution >= 0.6 is 0 Å². The van der Waals surface area contributed by atoms with Crippen LogP contribution in [0.4, 0.5) is 29.3 Å². The van der Waals surface area contributed by atoms with E-state index in [0.29, 0.717) is 22.7 Å². The minimum absolute atomic E-state index is 0.0240. The summed E-state index contributed by atoms with van der Waals surface area (Å²) in [5, 5.41) is 23.0. The molecule has 0 radical (unpaired) electrons. The zero-order chi connectivity index (χ0) is 31.0. The molecule has 3 aromatic carbocycles. The van der Waals surface area contributed by atoms with Crippen molar-refractivity contribution in [1.29, 1.82) is 5.26 Å². The van der Waals surface area contributed by atoms with Crippen molar-refractivity contribution in [2.75, 3.05) is 16.8 Å². The summed E-state index contributed by atoms with van der Waals surface area (Å²) in [5.41, 5.74) is 1.14. The normalized spacial score (nSPS) is 13.5. The summed E-state index contributed by atoms with van der Waals surface area (Å²) in [6.45, 7) is 0.00334. The minimum Gasteiger partial charge on any atom is -0.481 e. The summed E-state index contributed by atoms with van der Waals surface area (Å²) < 4.78 is 40.3. The lowest BCUT2D eigenvalue weighted by atomic mass is 9.84. The number of amides is 3. The van der Waals surface area contributed by atoms with Crippen molar-refractivity contribution in [1.82, 2.24) is 5.32 Å². The maximum atomic E-state index is 13.6. The molecule has 43 heavy (non-hydrogen) atoms. The fraction of sp³-hybridized carbons (Fsp3) is 0.312. The molecule has 3 aromatic rings. The van der Waals surface area contributed by atoms with Crippen LogP contribution in [0.25, 0.3) is 0 Å². The second-order valence-corrected chi connectivity index (χ2v) is 10.4. The van der Waals surface area contributed by atoms with E-state index in [-0.39, 0.29) is 30.8 Å². The number of nitrogens with one attached hydrogen (secondary N) is 2. The molecule has 11 heteroatoms. The van der Waals surface area contributed by atoms with Gasteiger partial charge in [-0.25, -0.2) is 4.79 Å². The number of rotatable bonds is 9. The first-order valence-electron chi connectivity index (χ1n) is 13.9. The molecule has 0 aromatic heterocycles. The van der Waals surface area contributed by atoms with Gasteiger partial charge in [0.25, 0.3) is 5.91 Å². The number of nitrogens with zero attached hydrogens (tertiary/aromatic N) is 2. The van der Waals surface area contributed by atoms with E-state index in [1.54, 1.807) is 42.5 Å². The highest BCUT2D eigenvalue weighted by Gasteiger charge is 2.31. The van der Waals surface area contributed by atoms with Gasteiger partial charge in [-0.2, -0.15) is 18.4 Å². The molecule has 3 N–H and O–H groups in total. The van der Waals surface area contributed by atoms with Crippen LogP contribution in [0.15, 0.2) is 66.7 Å². The summed E-state index contributed by atoms with van der Waals surface area (Å²) in [5.74, 6) is -1.04. The van der Waals surface area contributed by atoms with Crippen LogP contribution in [-0.2, 0) is 17.5 Å². The summed E-state index contributed by atoms with van der Waals surface area (Å²) in [7, 11) is 0. The first kappa shape index (κ1) is 31.1. The van der Waals surface area contributed by atoms with Crippen LogP contribution in [0.1, 0.15) is 77.1 Å². The molecule has 1 aliphatic carbocycles. The Kier molecular flexibility index (Phi) is 10.0. The van der Waals surface area contributed by atoms with E-state index in [1.807, 2.05) is 12.1 Å². The van der Waals surface area contributed by atoms with Crippen molar-refractivity contribution in [3.05, 3.63) is 94.5 Å². The monoisotopic (exact) mass is 592 g/mol.